The first-order chi connectivity index (χ1) is 40.2. The average molecular weight is 1060 g/mol. The molecule has 0 unspecified atom stereocenters. The number of thiophene rings is 2. The summed E-state index contributed by atoms with van der Waals surface area (Å²) in [6, 6.07) is 105. The fourth-order valence-corrected chi connectivity index (χ4v) is 16.3. The van der Waals surface area contributed by atoms with Crippen LogP contribution in [0.5, 0.6) is 0 Å². The van der Waals surface area contributed by atoms with E-state index in [0.29, 0.717) is 0 Å². The Bertz CT molecular complexity index is 4980. The summed E-state index contributed by atoms with van der Waals surface area (Å²) in [4.78, 5) is 5.05. The highest BCUT2D eigenvalue weighted by Gasteiger charge is 2.52. The van der Waals surface area contributed by atoms with Gasteiger partial charge in [-0.3, -0.25) is 0 Å². The van der Waals surface area contributed by atoms with Gasteiger partial charge in [0.25, 0.3) is 0 Å². The van der Waals surface area contributed by atoms with Gasteiger partial charge in [0, 0.05) is 51.8 Å². The van der Waals surface area contributed by atoms with E-state index >= 15 is 0 Å². The standard InChI is InChI=1S/C77H46N2S2/c1-3-19-53-47(15-1)17-13-29-67(53)78-69-27-11-7-23-59(69)61-43-49(33-37-71(61)78)73-39-41-75(80-73)51-31-35-57-58-36-32-52(46-66(58)77(65(57)45-51)63-25-9-5-21-55(63)56-22-6-10-26-64(56)77)76-42-40-74(81-76)50-34-38-72-62(44-50)60-24-8-12-28-70(60)79(72)68-30-14-18-48-16-2-4-20-54(48)68/h1-46H. The maximum atomic E-state index is 2.53. The lowest BCUT2D eigenvalue weighted by atomic mass is 9.70. The van der Waals surface area contributed by atoms with Gasteiger partial charge in [0.15, 0.2) is 0 Å². The third kappa shape index (κ3) is 6.37. The van der Waals surface area contributed by atoms with Crippen LogP contribution in [-0.2, 0) is 5.41 Å². The summed E-state index contributed by atoms with van der Waals surface area (Å²) in [7, 11) is 0. The molecule has 81 heavy (non-hydrogen) atoms. The van der Waals surface area contributed by atoms with E-state index < -0.39 is 5.41 Å². The minimum atomic E-state index is -0.489. The molecule has 4 aromatic heterocycles. The largest absolute Gasteiger partial charge is 0.309 e. The molecule has 2 aliphatic carbocycles. The maximum Gasteiger partial charge on any atom is 0.0725 e. The Morgan fingerprint density at radius 1 is 0.235 bits per heavy atom. The van der Waals surface area contributed by atoms with Crippen LogP contribution in [-0.4, -0.2) is 9.13 Å². The van der Waals surface area contributed by atoms with Crippen LogP contribution >= 0.6 is 22.7 Å². The molecule has 0 N–H and O–H groups in total. The fourth-order valence-electron chi connectivity index (χ4n) is 14.3. The molecule has 0 amide bonds. The Morgan fingerprint density at radius 3 is 1.05 bits per heavy atom. The lowest BCUT2D eigenvalue weighted by Crippen LogP contribution is -2.26. The predicted molar refractivity (Wildman–Crippen MR) is 344 cm³/mol. The van der Waals surface area contributed by atoms with Crippen molar-refractivity contribution >= 4 is 87.8 Å². The summed E-state index contributed by atoms with van der Waals surface area (Å²) in [5.74, 6) is 0. The molecule has 1 spiro atoms. The lowest BCUT2D eigenvalue weighted by molar-refractivity contribution is 0.794. The van der Waals surface area contributed by atoms with Crippen molar-refractivity contribution in [3.05, 3.63) is 301 Å². The summed E-state index contributed by atoms with van der Waals surface area (Å²) < 4.78 is 4.90. The Balaban J connectivity index is 0.739. The topological polar surface area (TPSA) is 9.86 Å². The van der Waals surface area contributed by atoms with Crippen LogP contribution in [0.1, 0.15) is 22.3 Å². The van der Waals surface area contributed by atoms with Crippen molar-refractivity contribution in [2.75, 3.05) is 0 Å². The Labute approximate surface area is 476 Å². The molecule has 376 valence electrons. The van der Waals surface area contributed by atoms with Gasteiger partial charge in [0.2, 0.25) is 0 Å². The second-order valence-electron chi connectivity index (χ2n) is 21.9. The van der Waals surface area contributed by atoms with Gasteiger partial charge in [-0.05, 0) is 162 Å². The van der Waals surface area contributed by atoms with Crippen molar-refractivity contribution in [3.63, 3.8) is 0 Å². The van der Waals surface area contributed by atoms with E-state index in [0.717, 1.165) is 0 Å². The Morgan fingerprint density at radius 2 is 0.580 bits per heavy atom. The summed E-state index contributed by atoms with van der Waals surface area (Å²) in [6.45, 7) is 0. The smallest absolute Gasteiger partial charge is 0.0725 e. The van der Waals surface area contributed by atoms with Crippen molar-refractivity contribution < 1.29 is 0 Å². The zero-order valence-electron chi connectivity index (χ0n) is 43.8. The maximum absolute atomic E-state index is 2.53. The van der Waals surface area contributed by atoms with E-state index in [1.165, 1.54) is 163 Å². The van der Waals surface area contributed by atoms with Crippen molar-refractivity contribution in [3.8, 4) is 75.4 Å². The predicted octanol–water partition coefficient (Wildman–Crippen LogP) is 21.3. The van der Waals surface area contributed by atoms with Crippen LogP contribution in [0.2, 0.25) is 0 Å². The van der Waals surface area contributed by atoms with Crippen LogP contribution in [0.4, 0.5) is 0 Å². The highest BCUT2D eigenvalue weighted by Crippen LogP contribution is 2.64. The first kappa shape index (κ1) is 45.1. The summed E-state index contributed by atoms with van der Waals surface area (Å²) in [5, 5.41) is 10.0. The SMILES string of the molecule is c1ccc2c(c1)-c1ccccc1C21c2cc(-c3ccc(-c4ccc5c(c4)c4ccccc4n5-c4cccc5ccccc45)s3)ccc2-c2ccc(-c3ccc(-c4ccc5c(c4)c4ccccc4n5-c4cccc5ccccc45)s3)cc21. The van der Waals surface area contributed by atoms with Gasteiger partial charge in [-0.2, -0.15) is 0 Å². The molecule has 16 aromatic rings. The van der Waals surface area contributed by atoms with Crippen LogP contribution in [0.25, 0.3) is 141 Å². The molecule has 0 atom stereocenters. The van der Waals surface area contributed by atoms with E-state index in [1.807, 2.05) is 22.7 Å². The summed E-state index contributed by atoms with van der Waals surface area (Å²) >= 11 is 3.77. The van der Waals surface area contributed by atoms with Crippen molar-refractivity contribution in [2.24, 2.45) is 0 Å². The molecule has 0 bridgehead atoms. The third-order valence-electron chi connectivity index (χ3n) is 17.8. The number of rotatable bonds is 6. The first-order valence-electron chi connectivity index (χ1n) is 27.9. The first-order valence-corrected chi connectivity index (χ1v) is 29.5. The number of fused-ring (bicyclic) bond motifs is 18. The number of para-hydroxylation sites is 2. The van der Waals surface area contributed by atoms with Gasteiger partial charge in [-0.25, -0.2) is 0 Å². The molecule has 2 nitrogen and oxygen atoms in total. The van der Waals surface area contributed by atoms with Crippen LogP contribution in [0, 0.1) is 0 Å². The molecule has 0 saturated carbocycles. The summed E-state index contributed by atoms with van der Waals surface area (Å²) in [5.41, 5.74) is 22.4. The van der Waals surface area contributed by atoms with E-state index in [4.69, 9.17) is 0 Å². The van der Waals surface area contributed by atoms with Crippen LogP contribution in [0.15, 0.2) is 279 Å². The number of aromatic nitrogens is 2. The second-order valence-corrected chi connectivity index (χ2v) is 24.0. The van der Waals surface area contributed by atoms with Crippen molar-refractivity contribution in [1.29, 1.82) is 0 Å². The lowest BCUT2D eigenvalue weighted by Gasteiger charge is -2.31. The molecule has 4 heteroatoms. The normalized spacial score (nSPS) is 13.0. The quantitative estimate of drug-likeness (QED) is 0.157. The molecule has 0 aliphatic heterocycles. The number of hydrogen-bond acceptors (Lipinski definition) is 2. The molecular formula is C77H46N2S2. The highest BCUT2D eigenvalue weighted by atomic mass is 32.1. The number of hydrogen-bond donors (Lipinski definition) is 0. The fraction of sp³-hybridized carbons (Fsp3) is 0.0130. The molecule has 2 aliphatic rings. The third-order valence-corrected chi connectivity index (χ3v) is 20.2. The molecule has 4 heterocycles. The molecular weight excluding hydrogens is 1020 g/mol. The second kappa shape index (κ2) is 17.1. The van der Waals surface area contributed by atoms with E-state index in [9.17, 15) is 0 Å². The van der Waals surface area contributed by atoms with Gasteiger partial charge < -0.3 is 9.13 Å². The van der Waals surface area contributed by atoms with Crippen molar-refractivity contribution in [1.82, 2.24) is 9.13 Å². The van der Waals surface area contributed by atoms with Crippen LogP contribution < -0.4 is 0 Å². The number of nitrogens with zero attached hydrogens (tertiary/aromatic N) is 2. The van der Waals surface area contributed by atoms with Gasteiger partial charge >= 0.3 is 0 Å². The van der Waals surface area contributed by atoms with Crippen molar-refractivity contribution in [2.45, 2.75) is 5.41 Å². The molecule has 18 rings (SSSR count). The zero-order chi connectivity index (χ0) is 52.9. The van der Waals surface area contributed by atoms with E-state index in [2.05, 4.69) is 288 Å². The molecule has 12 aromatic carbocycles. The monoisotopic (exact) mass is 1060 g/mol. The summed E-state index contributed by atoms with van der Waals surface area (Å²) in [6.07, 6.45) is 0. The van der Waals surface area contributed by atoms with Crippen LogP contribution in [0.3, 0.4) is 0 Å². The van der Waals surface area contributed by atoms with E-state index in [-0.39, 0.29) is 0 Å². The Kier molecular flexibility index (Phi) is 9.50. The van der Waals surface area contributed by atoms with Gasteiger partial charge in [-0.1, -0.05) is 194 Å². The van der Waals surface area contributed by atoms with Gasteiger partial charge in [0.05, 0.1) is 38.9 Å². The van der Waals surface area contributed by atoms with E-state index in [1.54, 1.807) is 0 Å². The van der Waals surface area contributed by atoms with Gasteiger partial charge in [-0.15, -0.1) is 22.7 Å². The minimum Gasteiger partial charge on any atom is -0.309 e. The zero-order valence-corrected chi connectivity index (χ0v) is 45.4. The molecule has 0 saturated heterocycles. The Hall–Kier alpha value is -9.84. The number of benzene rings is 12. The van der Waals surface area contributed by atoms with Gasteiger partial charge in [0.1, 0.15) is 0 Å². The minimum absolute atomic E-state index is 0.489. The average Bonchev–Trinajstić information content (AvgIpc) is 2.94. The molecule has 0 radical (unpaired) electrons. The highest BCUT2D eigenvalue weighted by molar-refractivity contribution is 7.19. The molecule has 0 fully saturated rings.